The first-order valence-electron chi connectivity index (χ1n) is 10.3. The number of thiazole rings is 1. The third-order valence-electron chi connectivity index (χ3n) is 4.70. The minimum absolute atomic E-state index is 0.0892. The van der Waals surface area contributed by atoms with E-state index in [0.717, 1.165) is 28.9 Å². The molecule has 0 spiro atoms. The van der Waals surface area contributed by atoms with Crippen molar-refractivity contribution in [3.63, 3.8) is 0 Å². The van der Waals surface area contributed by atoms with Gasteiger partial charge in [0, 0.05) is 19.0 Å². The van der Waals surface area contributed by atoms with E-state index in [1.807, 2.05) is 31.2 Å². The van der Waals surface area contributed by atoms with Gasteiger partial charge in [-0.15, -0.1) is 0 Å². The highest BCUT2D eigenvalue weighted by Crippen LogP contribution is 2.23. The molecule has 0 radical (unpaired) electrons. The first-order valence-corrected chi connectivity index (χ1v) is 11.1. The number of aromatic amines is 1. The summed E-state index contributed by atoms with van der Waals surface area (Å²) in [6.45, 7) is 4.13. The summed E-state index contributed by atoms with van der Waals surface area (Å²) in [5.74, 6) is 0.253. The van der Waals surface area contributed by atoms with Crippen molar-refractivity contribution >= 4 is 17.3 Å². The average Bonchev–Trinajstić information content (AvgIpc) is 3.09. The van der Waals surface area contributed by atoms with Gasteiger partial charge in [-0.2, -0.15) is 0 Å². The molecular formula is C23H26N2O5S. The lowest BCUT2D eigenvalue weighted by molar-refractivity contribution is -0.151. The Morgan fingerprint density at radius 3 is 2.48 bits per heavy atom. The predicted molar refractivity (Wildman–Crippen MR) is 119 cm³/mol. The number of nitrogens with one attached hydrogen (secondary N) is 1. The monoisotopic (exact) mass is 442 g/mol. The van der Waals surface area contributed by atoms with E-state index in [2.05, 4.69) is 16.9 Å². The number of hydrogen-bond donors (Lipinski definition) is 2. The van der Waals surface area contributed by atoms with Gasteiger partial charge < -0.3 is 14.6 Å². The van der Waals surface area contributed by atoms with Crippen LogP contribution in [0.25, 0.3) is 0 Å². The molecule has 7 nitrogen and oxygen atoms in total. The van der Waals surface area contributed by atoms with Crippen LogP contribution in [-0.4, -0.2) is 27.7 Å². The van der Waals surface area contributed by atoms with Crippen LogP contribution in [-0.2, 0) is 22.4 Å². The number of aromatic hydroxyl groups is 1. The number of carbonyl (C=O) groups excluding carboxylic acids is 1. The number of aromatic nitrogens is 2. The highest BCUT2D eigenvalue weighted by Gasteiger charge is 2.19. The smallest absolute Gasteiger partial charge is 0.307 e. The van der Waals surface area contributed by atoms with Gasteiger partial charge in [0.25, 0.3) is 0 Å². The molecule has 1 atom stereocenters. The molecular weight excluding hydrogens is 416 g/mol. The Morgan fingerprint density at radius 2 is 1.90 bits per heavy atom. The van der Waals surface area contributed by atoms with Crippen LogP contribution in [0.2, 0.25) is 0 Å². The molecule has 1 unspecified atom stereocenters. The maximum absolute atomic E-state index is 12.1. The van der Waals surface area contributed by atoms with E-state index >= 15 is 0 Å². The molecule has 3 aromatic rings. The molecule has 31 heavy (non-hydrogen) atoms. The summed E-state index contributed by atoms with van der Waals surface area (Å²) in [4.78, 5) is 30.5. The highest BCUT2D eigenvalue weighted by atomic mass is 32.1. The van der Waals surface area contributed by atoms with Crippen LogP contribution < -0.4 is 9.61 Å². The maximum atomic E-state index is 12.1. The molecule has 0 aliphatic rings. The SMILES string of the molecule is CCCC(=O)OC(COc1ccc(Cc2sc(=O)[nH]c2O)cc1)c1ccc(CC)cn1. The van der Waals surface area contributed by atoms with E-state index < -0.39 is 6.10 Å². The van der Waals surface area contributed by atoms with Crippen LogP contribution in [0.1, 0.15) is 54.5 Å². The van der Waals surface area contributed by atoms with Crippen LogP contribution in [0, 0.1) is 0 Å². The van der Waals surface area contributed by atoms with Crippen molar-refractivity contribution in [2.45, 2.75) is 45.6 Å². The van der Waals surface area contributed by atoms with Gasteiger partial charge in [-0.1, -0.05) is 43.4 Å². The Balaban J connectivity index is 1.66. The number of nitrogens with zero attached hydrogens (tertiary/aromatic N) is 1. The molecule has 0 saturated heterocycles. The van der Waals surface area contributed by atoms with Crippen molar-refractivity contribution in [3.8, 4) is 11.6 Å². The predicted octanol–water partition coefficient (Wildman–Crippen LogP) is 4.15. The van der Waals surface area contributed by atoms with E-state index in [1.165, 1.54) is 0 Å². The summed E-state index contributed by atoms with van der Waals surface area (Å²) < 4.78 is 11.5. The Bertz CT molecular complexity index is 1040. The Morgan fingerprint density at radius 1 is 1.16 bits per heavy atom. The molecule has 0 amide bonds. The first kappa shape index (κ1) is 22.6. The number of ether oxygens (including phenoxy) is 2. The second kappa shape index (κ2) is 10.8. The van der Waals surface area contributed by atoms with Crippen LogP contribution in [0.4, 0.5) is 0 Å². The van der Waals surface area contributed by atoms with E-state index in [-0.39, 0.29) is 23.3 Å². The van der Waals surface area contributed by atoms with Crippen molar-refractivity contribution < 1.29 is 19.4 Å². The van der Waals surface area contributed by atoms with Crippen LogP contribution in [0.5, 0.6) is 11.6 Å². The minimum atomic E-state index is -0.598. The van der Waals surface area contributed by atoms with Crippen molar-refractivity contribution in [1.29, 1.82) is 0 Å². The number of aryl methyl sites for hydroxylation is 1. The number of esters is 1. The van der Waals surface area contributed by atoms with E-state index in [4.69, 9.17) is 9.47 Å². The zero-order chi connectivity index (χ0) is 22.2. The number of benzene rings is 1. The third kappa shape index (κ3) is 6.42. The normalized spacial score (nSPS) is 11.8. The molecule has 0 bridgehead atoms. The van der Waals surface area contributed by atoms with E-state index in [1.54, 1.807) is 18.3 Å². The first-order chi connectivity index (χ1) is 15.0. The standard InChI is InChI=1S/C23H26N2O5S/c1-3-5-21(26)30-19(18-11-8-15(4-2)13-24-18)14-29-17-9-6-16(7-10-17)12-20-22(27)25-23(28)31-20/h6-11,13,19,27H,3-5,12,14H2,1-2H3,(H,25,28). The number of hydrogen-bond acceptors (Lipinski definition) is 7. The summed E-state index contributed by atoms with van der Waals surface area (Å²) >= 11 is 0.990. The summed E-state index contributed by atoms with van der Waals surface area (Å²) in [6.07, 6.45) is 3.57. The fourth-order valence-electron chi connectivity index (χ4n) is 2.97. The molecule has 1 aromatic carbocycles. The lowest BCUT2D eigenvalue weighted by Gasteiger charge is -2.18. The zero-order valence-electron chi connectivity index (χ0n) is 17.6. The summed E-state index contributed by atoms with van der Waals surface area (Å²) in [5.41, 5.74) is 2.69. The topological polar surface area (TPSA) is 102 Å². The second-order valence-corrected chi connectivity index (χ2v) is 8.16. The van der Waals surface area contributed by atoms with Gasteiger partial charge in [-0.05, 0) is 42.2 Å². The largest absolute Gasteiger partial charge is 0.494 e. The highest BCUT2D eigenvalue weighted by molar-refractivity contribution is 7.09. The minimum Gasteiger partial charge on any atom is -0.494 e. The quantitative estimate of drug-likeness (QED) is 0.457. The van der Waals surface area contributed by atoms with Gasteiger partial charge >= 0.3 is 10.8 Å². The van der Waals surface area contributed by atoms with Gasteiger partial charge in [-0.3, -0.25) is 19.6 Å². The molecule has 3 rings (SSSR count). The van der Waals surface area contributed by atoms with Crippen LogP contribution in [0.3, 0.4) is 0 Å². The van der Waals surface area contributed by atoms with Crippen molar-refractivity contribution in [1.82, 2.24) is 9.97 Å². The number of H-pyrrole nitrogens is 1. The fourth-order valence-corrected chi connectivity index (χ4v) is 3.73. The van der Waals surface area contributed by atoms with Crippen molar-refractivity contribution in [3.05, 3.63) is 74.0 Å². The zero-order valence-corrected chi connectivity index (χ0v) is 18.4. The van der Waals surface area contributed by atoms with Gasteiger partial charge in [0.2, 0.25) is 5.88 Å². The Labute approximate surface area is 184 Å². The molecule has 0 aliphatic heterocycles. The lowest BCUT2D eigenvalue weighted by Crippen LogP contribution is -2.19. The number of pyridine rings is 1. The van der Waals surface area contributed by atoms with Crippen molar-refractivity contribution in [2.75, 3.05) is 6.61 Å². The summed E-state index contributed by atoms with van der Waals surface area (Å²) in [6, 6.07) is 11.2. The van der Waals surface area contributed by atoms with Gasteiger partial charge in [0.1, 0.15) is 12.4 Å². The molecule has 0 saturated carbocycles. The Kier molecular flexibility index (Phi) is 7.83. The van der Waals surface area contributed by atoms with Crippen LogP contribution in [0.15, 0.2) is 47.4 Å². The van der Waals surface area contributed by atoms with Gasteiger partial charge in [0.15, 0.2) is 6.10 Å². The van der Waals surface area contributed by atoms with E-state index in [0.29, 0.717) is 35.6 Å². The van der Waals surface area contributed by atoms with Gasteiger partial charge in [-0.25, -0.2) is 0 Å². The van der Waals surface area contributed by atoms with Gasteiger partial charge in [0.05, 0.1) is 10.6 Å². The maximum Gasteiger partial charge on any atom is 0.307 e. The molecule has 0 fully saturated rings. The lowest BCUT2D eigenvalue weighted by atomic mass is 10.1. The molecule has 2 aromatic heterocycles. The van der Waals surface area contributed by atoms with E-state index in [9.17, 15) is 14.7 Å². The van der Waals surface area contributed by atoms with Crippen LogP contribution >= 0.6 is 11.3 Å². The molecule has 2 N–H and O–H groups in total. The molecule has 164 valence electrons. The third-order valence-corrected chi connectivity index (χ3v) is 5.58. The Hall–Kier alpha value is -3.13. The fraction of sp³-hybridized carbons (Fsp3) is 0.348. The molecule has 2 heterocycles. The average molecular weight is 443 g/mol. The molecule has 8 heteroatoms. The molecule has 0 aliphatic carbocycles. The second-order valence-electron chi connectivity index (χ2n) is 7.09. The number of carbonyl (C=O) groups is 1. The summed E-state index contributed by atoms with van der Waals surface area (Å²) in [7, 11) is 0. The van der Waals surface area contributed by atoms with Crippen molar-refractivity contribution in [2.24, 2.45) is 0 Å². The number of rotatable bonds is 10. The summed E-state index contributed by atoms with van der Waals surface area (Å²) in [5, 5.41) is 9.73.